The van der Waals surface area contributed by atoms with Crippen LogP contribution in [-0.4, -0.2) is 16.6 Å². The van der Waals surface area contributed by atoms with E-state index in [2.05, 4.69) is 34.4 Å². The van der Waals surface area contributed by atoms with Gasteiger partial charge < -0.3 is 15.4 Å². The van der Waals surface area contributed by atoms with Gasteiger partial charge in [-0.3, -0.25) is 0 Å². The lowest BCUT2D eigenvalue weighted by molar-refractivity contribution is -0.137. The molecule has 5 nitrogen and oxygen atoms in total. The van der Waals surface area contributed by atoms with Crippen molar-refractivity contribution in [2.75, 3.05) is 17.2 Å². The zero-order valence-corrected chi connectivity index (χ0v) is 20.0. The van der Waals surface area contributed by atoms with Gasteiger partial charge in [0.05, 0.1) is 6.61 Å². The van der Waals surface area contributed by atoms with Gasteiger partial charge in [0.1, 0.15) is 17.1 Å². The van der Waals surface area contributed by atoms with Crippen molar-refractivity contribution in [3.05, 3.63) is 65.9 Å². The lowest BCUT2D eigenvalue weighted by Gasteiger charge is -2.22. The average molecular weight is 485 g/mol. The van der Waals surface area contributed by atoms with Crippen molar-refractivity contribution in [2.24, 2.45) is 5.92 Å². The normalized spacial score (nSPS) is 14.7. The fraction of sp³-hybridized carbons (Fsp3) is 0.407. The van der Waals surface area contributed by atoms with Gasteiger partial charge in [-0.15, -0.1) is 0 Å². The first-order valence-electron chi connectivity index (χ1n) is 12.1. The highest BCUT2D eigenvalue weighted by molar-refractivity contribution is 5.63. The largest absolute Gasteiger partial charge is 0.493 e. The molecular weight excluding hydrogens is 453 g/mol. The van der Waals surface area contributed by atoms with E-state index in [9.17, 15) is 13.2 Å². The van der Waals surface area contributed by atoms with Crippen molar-refractivity contribution < 1.29 is 17.9 Å². The number of aromatic nitrogens is 2. The summed E-state index contributed by atoms with van der Waals surface area (Å²) in [6.45, 7) is 4.73. The predicted molar refractivity (Wildman–Crippen MR) is 133 cm³/mol. The van der Waals surface area contributed by atoms with Crippen molar-refractivity contribution in [3.8, 4) is 5.75 Å². The Morgan fingerprint density at radius 2 is 1.71 bits per heavy atom. The maximum atomic E-state index is 13.7. The van der Waals surface area contributed by atoms with E-state index in [1.54, 1.807) is 30.3 Å². The fourth-order valence-corrected chi connectivity index (χ4v) is 4.21. The van der Waals surface area contributed by atoms with Gasteiger partial charge in [-0.1, -0.05) is 45.2 Å². The molecule has 2 N–H and O–H groups in total. The molecule has 0 unspecified atom stereocenters. The lowest BCUT2D eigenvalue weighted by atomic mass is 9.84. The number of ether oxygens (including phenoxy) is 1. The zero-order chi connectivity index (χ0) is 24.8. The standard InChI is InChI=1S/C27H31F3N4O/c1-18(2)17-35-23-13-11-21(12-14-23)33-26-31-16-24(27(28,29)30)25(34-26)32-22-10-6-9-20(15-22)19-7-4-3-5-8-19/h6,9-16,18-19H,3-5,7-8,17H2,1-2H3,(H2,31,32,33,34). The first-order valence-corrected chi connectivity index (χ1v) is 12.1. The Bertz CT molecular complexity index is 1110. The minimum Gasteiger partial charge on any atom is -0.493 e. The lowest BCUT2D eigenvalue weighted by Crippen LogP contribution is -2.13. The van der Waals surface area contributed by atoms with E-state index in [0.717, 1.165) is 30.4 Å². The van der Waals surface area contributed by atoms with Crippen molar-refractivity contribution >= 4 is 23.1 Å². The highest BCUT2D eigenvalue weighted by atomic mass is 19.4. The summed E-state index contributed by atoms with van der Waals surface area (Å²) in [5.41, 5.74) is 1.46. The van der Waals surface area contributed by atoms with E-state index in [1.165, 1.54) is 19.3 Å². The van der Waals surface area contributed by atoms with Gasteiger partial charge in [-0.2, -0.15) is 18.2 Å². The molecule has 3 aromatic rings. The third kappa shape index (κ3) is 6.87. The molecule has 0 bridgehead atoms. The summed E-state index contributed by atoms with van der Waals surface area (Å²) in [5.74, 6) is 1.36. The summed E-state index contributed by atoms with van der Waals surface area (Å²) < 4.78 is 46.8. The maximum absolute atomic E-state index is 13.7. The summed E-state index contributed by atoms with van der Waals surface area (Å²) in [5, 5.41) is 5.87. The second-order valence-corrected chi connectivity index (χ2v) is 9.39. The highest BCUT2D eigenvalue weighted by Crippen LogP contribution is 2.37. The van der Waals surface area contributed by atoms with Crippen molar-refractivity contribution in [2.45, 2.75) is 58.0 Å². The van der Waals surface area contributed by atoms with Crippen LogP contribution < -0.4 is 15.4 Å². The van der Waals surface area contributed by atoms with Crippen LogP contribution in [0.15, 0.2) is 54.7 Å². The molecule has 186 valence electrons. The van der Waals surface area contributed by atoms with E-state index in [-0.39, 0.29) is 11.8 Å². The van der Waals surface area contributed by atoms with Crippen LogP contribution in [0.2, 0.25) is 0 Å². The van der Waals surface area contributed by atoms with E-state index in [1.807, 2.05) is 18.2 Å². The number of hydrogen-bond donors (Lipinski definition) is 2. The first kappa shape index (κ1) is 24.8. The molecule has 1 saturated carbocycles. The number of rotatable bonds is 8. The number of anilines is 4. The summed E-state index contributed by atoms with van der Waals surface area (Å²) in [6, 6.07) is 14.8. The van der Waals surface area contributed by atoms with Crippen LogP contribution in [-0.2, 0) is 6.18 Å². The number of benzene rings is 2. The molecular formula is C27H31F3N4O. The smallest absolute Gasteiger partial charge is 0.421 e. The Morgan fingerprint density at radius 1 is 0.971 bits per heavy atom. The minimum absolute atomic E-state index is 0.0692. The molecule has 0 radical (unpaired) electrons. The van der Waals surface area contributed by atoms with Crippen LogP contribution in [0.25, 0.3) is 0 Å². The van der Waals surface area contributed by atoms with Gasteiger partial charge in [0, 0.05) is 17.6 Å². The molecule has 0 spiro atoms. The topological polar surface area (TPSA) is 59.1 Å². The molecule has 4 rings (SSSR count). The summed E-state index contributed by atoms with van der Waals surface area (Å²) in [4.78, 5) is 8.07. The highest BCUT2D eigenvalue weighted by Gasteiger charge is 2.35. The maximum Gasteiger partial charge on any atom is 0.421 e. The van der Waals surface area contributed by atoms with Gasteiger partial charge in [0.2, 0.25) is 5.95 Å². The van der Waals surface area contributed by atoms with Crippen LogP contribution in [0.3, 0.4) is 0 Å². The number of hydrogen-bond acceptors (Lipinski definition) is 5. The molecule has 2 aromatic carbocycles. The summed E-state index contributed by atoms with van der Waals surface area (Å²) >= 11 is 0. The van der Waals surface area contributed by atoms with E-state index >= 15 is 0 Å². The Balaban J connectivity index is 1.54. The predicted octanol–water partition coefficient (Wildman–Crippen LogP) is 8.07. The third-order valence-corrected chi connectivity index (χ3v) is 6.01. The Morgan fingerprint density at radius 3 is 2.40 bits per heavy atom. The van der Waals surface area contributed by atoms with Gasteiger partial charge in [0.15, 0.2) is 0 Å². The second kappa shape index (κ2) is 11.0. The van der Waals surface area contributed by atoms with Gasteiger partial charge in [-0.05, 0) is 66.6 Å². The minimum atomic E-state index is -4.59. The molecule has 1 aliphatic carbocycles. The van der Waals surface area contributed by atoms with Crippen LogP contribution >= 0.6 is 0 Å². The van der Waals surface area contributed by atoms with E-state index in [0.29, 0.717) is 29.8 Å². The quantitative estimate of drug-likeness (QED) is 0.339. The van der Waals surface area contributed by atoms with Crippen molar-refractivity contribution in [1.82, 2.24) is 9.97 Å². The van der Waals surface area contributed by atoms with Gasteiger partial charge in [0.25, 0.3) is 0 Å². The van der Waals surface area contributed by atoms with Crippen LogP contribution in [0, 0.1) is 5.92 Å². The Hall–Kier alpha value is -3.29. The average Bonchev–Trinajstić information content (AvgIpc) is 2.84. The van der Waals surface area contributed by atoms with Crippen LogP contribution in [0.5, 0.6) is 5.75 Å². The fourth-order valence-electron chi connectivity index (χ4n) is 4.21. The van der Waals surface area contributed by atoms with Gasteiger partial charge >= 0.3 is 6.18 Å². The van der Waals surface area contributed by atoms with Gasteiger partial charge in [-0.25, -0.2) is 4.98 Å². The number of nitrogens with zero attached hydrogens (tertiary/aromatic N) is 2. The SMILES string of the molecule is CC(C)COc1ccc(Nc2ncc(C(F)(F)F)c(Nc3cccc(C4CCCCC4)c3)n2)cc1. The molecule has 1 aromatic heterocycles. The summed E-state index contributed by atoms with van der Waals surface area (Å²) in [6.07, 6.45) is 2.06. The van der Waals surface area contributed by atoms with Crippen LogP contribution in [0.1, 0.15) is 63.0 Å². The van der Waals surface area contributed by atoms with Crippen LogP contribution in [0.4, 0.5) is 36.3 Å². The molecule has 1 fully saturated rings. The molecule has 8 heteroatoms. The van der Waals surface area contributed by atoms with E-state index in [4.69, 9.17) is 4.74 Å². The molecule has 1 aliphatic rings. The molecule has 0 saturated heterocycles. The molecule has 0 amide bonds. The Kier molecular flexibility index (Phi) is 7.78. The van der Waals surface area contributed by atoms with Crippen molar-refractivity contribution in [1.29, 1.82) is 0 Å². The number of nitrogens with one attached hydrogen (secondary N) is 2. The first-order chi connectivity index (χ1) is 16.8. The monoisotopic (exact) mass is 484 g/mol. The molecule has 0 aliphatic heterocycles. The number of halogens is 3. The van der Waals surface area contributed by atoms with Crippen molar-refractivity contribution in [3.63, 3.8) is 0 Å². The molecule has 35 heavy (non-hydrogen) atoms. The second-order valence-electron chi connectivity index (χ2n) is 9.39. The summed E-state index contributed by atoms with van der Waals surface area (Å²) in [7, 11) is 0. The molecule has 0 atom stereocenters. The zero-order valence-electron chi connectivity index (χ0n) is 20.0. The third-order valence-electron chi connectivity index (χ3n) is 6.01. The Labute approximate surface area is 204 Å². The van der Waals surface area contributed by atoms with E-state index < -0.39 is 11.7 Å². The molecule has 1 heterocycles. The number of alkyl halides is 3.